The molecule has 0 spiro atoms. The number of nitro groups is 1. The molecule has 1 atom stereocenters. The van der Waals surface area contributed by atoms with Gasteiger partial charge in [0.25, 0.3) is 5.69 Å². The monoisotopic (exact) mass is 240 g/mol. The van der Waals surface area contributed by atoms with Gasteiger partial charge in [0.1, 0.15) is 18.1 Å². The van der Waals surface area contributed by atoms with E-state index in [-0.39, 0.29) is 17.9 Å². The minimum absolute atomic E-state index is 0.0349. The molecule has 0 saturated heterocycles. The summed E-state index contributed by atoms with van der Waals surface area (Å²) >= 11 is 0. The Labute approximate surface area is 96.7 Å². The standard InChI is InChI=1S/C9H12N4O4/c1-17-9(14)7(10)3-5-2-6(13(15)16)4-12-8(5)11/h2,4,7H,3,10H2,1H3,(H2,11,12)/t7-/m0/s1. The van der Waals surface area contributed by atoms with Crippen LogP contribution in [0.15, 0.2) is 12.3 Å². The van der Waals surface area contributed by atoms with E-state index in [1.807, 2.05) is 0 Å². The highest BCUT2D eigenvalue weighted by atomic mass is 16.6. The van der Waals surface area contributed by atoms with E-state index in [9.17, 15) is 14.9 Å². The van der Waals surface area contributed by atoms with E-state index in [2.05, 4.69) is 9.72 Å². The molecule has 0 radical (unpaired) electrons. The van der Waals surface area contributed by atoms with Crippen LogP contribution in [0.3, 0.4) is 0 Å². The lowest BCUT2D eigenvalue weighted by atomic mass is 10.1. The van der Waals surface area contributed by atoms with Crippen LogP contribution in [0.4, 0.5) is 11.5 Å². The summed E-state index contributed by atoms with van der Waals surface area (Å²) in [6.45, 7) is 0. The van der Waals surface area contributed by atoms with Gasteiger partial charge in [-0.1, -0.05) is 0 Å². The zero-order valence-electron chi connectivity index (χ0n) is 9.12. The number of anilines is 1. The lowest BCUT2D eigenvalue weighted by Gasteiger charge is -2.10. The molecule has 8 nitrogen and oxygen atoms in total. The first-order valence-electron chi connectivity index (χ1n) is 4.68. The van der Waals surface area contributed by atoms with Crippen molar-refractivity contribution in [3.63, 3.8) is 0 Å². The lowest BCUT2D eigenvalue weighted by molar-refractivity contribution is -0.385. The molecule has 0 amide bonds. The summed E-state index contributed by atoms with van der Waals surface area (Å²) < 4.78 is 4.44. The maximum Gasteiger partial charge on any atom is 0.322 e. The Balaban J connectivity index is 2.93. The average molecular weight is 240 g/mol. The van der Waals surface area contributed by atoms with E-state index in [1.165, 1.54) is 13.2 Å². The fraction of sp³-hybridized carbons (Fsp3) is 0.333. The number of carbonyl (C=O) groups is 1. The van der Waals surface area contributed by atoms with Crippen LogP contribution in [-0.2, 0) is 16.0 Å². The van der Waals surface area contributed by atoms with Gasteiger partial charge in [-0.05, 0) is 0 Å². The van der Waals surface area contributed by atoms with Gasteiger partial charge in [0.2, 0.25) is 0 Å². The molecular formula is C9H12N4O4. The summed E-state index contributed by atoms with van der Waals surface area (Å²) in [6.07, 6.45) is 1.08. The lowest BCUT2D eigenvalue weighted by Crippen LogP contribution is -2.34. The predicted molar refractivity (Wildman–Crippen MR) is 59.0 cm³/mol. The van der Waals surface area contributed by atoms with Gasteiger partial charge in [0.05, 0.1) is 12.0 Å². The summed E-state index contributed by atoms with van der Waals surface area (Å²) in [5.74, 6) is -0.508. The highest BCUT2D eigenvalue weighted by Gasteiger charge is 2.18. The Morgan fingerprint density at radius 3 is 2.88 bits per heavy atom. The summed E-state index contributed by atoms with van der Waals surface area (Å²) in [5, 5.41) is 10.5. The molecule has 1 aromatic rings. The number of aromatic nitrogens is 1. The maximum absolute atomic E-state index is 11.1. The number of rotatable bonds is 4. The number of carbonyl (C=O) groups excluding carboxylic acids is 1. The molecule has 0 aliphatic rings. The van der Waals surface area contributed by atoms with Gasteiger partial charge in [0, 0.05) is 18.1 Å². The van der Waals surface area contributed by atoms with Crippen molar-refractivity contribution in [2.75, 3.05) is 12.8 Å². The molecule has 0 bridgehead atoms. The number of nitrogens with zero attached hydrogens (tertiary/aromatic N) is 2. The van der Waals surface area contributed by atoms with E-state index < -0.39 is 16.9 Å². The number of pyridine rings is 1. The minimum Gasteiger partial charge on any atom is -0.468 e. The number of esters is 1. The third-order valence-electron chi connectivity index (χ3n) is 2.14. The third kappa shape index (κ3) is 3.11. The van der Waals surface area contributed by atoms with E-state index in [0.29, 0.717) is 5.56 Å². The van der Waals surface area contributed by atoms with Gasteiger partial charge < -0.3 is 16.2 Å². The first kappa shape index (κ1) is 12.8. The van der Waals surface area contributed by atoms with Crippen molar-refractivity contribution in [3.8, 4) is 0 Å². The van der Waals surface area contributed by atoms with E-state index in [1.54, 1.807) is 0 Å². The predicted octanol–water partition coefficient (Wildman–Crippen LogP) is -0.385. The molecule has 1 heterocycles. The molecule has 0 aromatic carbocycles. The molecule has 0 unspecified atom stereocenters. The van der Waals surface area contributed by atoms with Crippen molar-refractivity contribution >= 4 is 17.5 Å². The van der Waals surface area contributed by atoms with Crippen molar-refractivity contribution in [3.05, 3.63) is 27.9 Å². The SMILES string of the molecule is COC(=O)[C@@H](N)Cc1cc([N+](=O)[O-])cnc1N. The highest BCUT2D eigenvalue weighted by Crippen LogP contribution is 2.18. The molecule has 1 rings (SSSR count). The number of hydrogen-bond acceptors (Lipinski definition) is 7. The molecule has 8 heteroatoms. The van der Waals surface area contributed by atoms with E-state index >= 15 is 0 Å². The summed E-state index contributed by atoms with van der Waals surface area (Å²) in [5.41, 5.74) is 11.2. The second kappa shape index (κ2) is 5.21. The summed E-state index contributed by atoms with van der Waals surface area (Å²) in [7, 11) is 1.21. The van der Waals surface area contributed by atoms with Gasteiger partial charge in [-0.2, -0.15) is 0 Å². The topological polar surface area (TPSA) is 134 Å². The van der Waals surface area contributed by atoms with Gasteiger partial charge in [-0.3, -0.25) is 14.9 Å². The third-order valence-corrected chi connectivity index (χ3v) is 2.14. The first-order valence-corrected chi connectivity index (χ1v) is 4.68. The van der Waals surface area contributed by atoms with Crippen LogP contribution in [0, 0.1) is 10.1 Å². The van der Waals surface area contributed by atoms with Crippen LogP contribution in [0.2, 0.25) is 0 Å². The van der Waals surface area contributed by atoms with Crippen LogP contribution in [-0.4, -0.2) is 29.0 Å². The number of methoxy groups -OCH3 is 1. The van der Waals surface area contributed by atoms with Crippen molar-refractivity contribution in [1.82, 2.24) is 4.98 Å². The number of nitrogen functional groups attached to an aromatic ring is 1. The molecule has 0 aliphatic carbocycles. The molecule has 92 valence electrons. The smallest absolute Gasteiger partial charge is 0.322 e. The molecule has 0 aliphatic heterocycles. The van der Waals surface area contributed by atoms with E-state index in [0.717, 1.165) is 6.20 Å². The van der Waals surface area contributed by atoms with Crippen molar-refractivity contribution < 1.29 is 14.5 Å². The number of hydrogen-bond donors (Lipinski definition) is 2. The zero-order chi connectivity index (χ0) is 13.0. The second-order valence-electron chi connectivity index (χ2n) is 3.33. The Morgan fingerprint density at radius 1 is 1.71 bits per heavy atom. The van der Waals surface area contributed by atoms with Crippen LogP contribution in [0.25, 0.3) is 0 Å². The second-order valence-corrected chi connectivity index (χ2v) is 3.33. The summed E-state index contributed by atoms with van der Waals surface area (Å²) in [4.78, 5) is 24.7. The van der Waals surface area contributed by atoms with E-state index in [4.69, 9.17) is 11.5 Å². The molecule has 0 saturated carbocycles. The normalized spacial score (nSPS) is 11.9. The van der Waals surface area contributed by atoms with Crippen LogP contribution in [0.1, 0.15) is 5.56 Å². The molecular weight excluding hydrogens is 228 g/mol. The van der Waals surface area contributed by atoms with Crippen molar-refractivity contribution in [1.29, 1.82) is 0 Å². The van der Waals surface area contributed by atoms with Gasteiger partial charge in [-0.15, -0.1) is 0 Å². The van der Waals surface area contributed by atoms with Crippen LogP contribution >= 0.6 is 0 Å². The van der Waals surface area contributed by atoms with Gasteiger partial charge in [-0.25, -0.2) is 4.98 Å². The number of nitrogens with two attached hydrogens (primary N) is 2. The van der Waals surface area contributed by atoms with Crippen LogP contribution < -0.4 is 11.5 Å². The zero-order valence-corrected chi connectivity index (χ0v) is 9.12. The first-order chi connectivity index (χ1) is 7.95. The highest BCUT2D eigenvalue weighted by molar-refractivity contribution is 5.76. The fourth-order valence-corrected chi connectivity index (χ4v) is 1.24. The van der Waals surface area contributed by atoms with Crippen LogP contribution in [0.5, 0.6) is 0 Å². The average Bonchev–Trinajstić information content (AvgIpc) is 2.30. The van der Waals surface area contributed by atoms with Gasteiger partial charge in [0.15, 0.2) is 0 Å². The maximum atomic E-state index is 11.1. The van der Waals surface area contributed by atoms with Crippen molar-refractivity contribution in [2.45, 2.75) is 12.5 Å². The van der Waals surface area contributed by atoms with Gasteiger partial charge >= 0.3 is 5.97 Å². The Bertz CT molecular complexity index is 449. The Hall–Kier alpha value is -2.22. The fourth-order valence-electron chi connectivity index (χ4n) is 1.24. The summed E-state index contributed by atoms with van der Waals surface area (Å²) in [6, 6.07) is 0.316. The molecule has 1 aromatic heterocycles. The quantitative estimate of drug-likeness (QED) is 0.415. The molecule has 0 fully saturated rings. The Morgan fingerprint density at radius 2 is 2.35 bits per heavy atom. The number of ether oxygens (including phenoxy) is 1. The largest absolute Gasteiger partial charge is 0.468 e. The molecule has 17 heavy (non-hydrogen) atoms. The molecule has 4 N–H and O–H groups in total. The minimum atomic E-state index is -0.925. The van der Waals surface area contributed by atoms with Crippen molar-refractivity contribution in [2.24, 2.45) is 5.73 Å². The Kier molecular flexibility index (Phi) is 3.94.